The predicted molar refractivity (Wildman–Crippen MR) is 108 cm³/mol. The fourth-order valence-corrected chi connectivity index (χ4v) is 3.35. The molecule has 0 spiro atoms. The molecule has 0 saturated carbocycles. The molecule has 1 aliphatic rings. The lowest BCUT2D eigenvalue weighted by atomic mass is 10.1. The molecule has 1 fully saturated rings. The molecule has 0 atom stereocenters. The van der Waals surface area contributed by atoms with Crippen molar-refractivity contribution in [3.05, 3.63) is 73.4 Å². The highest BCUT2D eigenvalue weighted by Gasteiger charge is 2.32. The molecule has 2 aromatic rings. The summed E-state index contributed by atoms with van der Waals surface area (Å²) in [5.74, 6) is -0.227. The van der Waals surface area contributed by atoms with Crippen molar-refractivity contribution in [1.82, 2.24) is 10.2 Å². The number of nitrogens with zero attached hydrogens (tertiary/aromatic N) is 2. The Morgan fingerprint density at radius 1 is 1.21 bits per heavy atom. The second-order valence-electron chi connectivity index (χ2n) is 6.07. The van der Waals surface area contributed by atoms with Gasteiger partial charge in [-0.2, -0.15) is 0 Å². The van der Waals surface area contributed by atoms with E-state index in [1.165, 1.54) is 30.3 Å². The second-order valence-corrected chi connectivity index (χ2v) is 6.88. The van der Waals surface area contributed by atoms with Crippen molar-refractivity contribution in [1.29, 1.82) is 0 Å². The zero-order valence-electron chi connectivity index (χ0n) is 15.1. The summed E-state index contributed by atoms with van der Waals surface area (Å²) in [5.41, 5.74) is 1.16. The number of hydrogen-bond acceptors (Lipinski definition) is 5. The van der Waals surface area contributed by atoms with E-state index < -0.39 is 16.9 Å². The van der Waals surface area contributed by atoms with E-state index in [-0.39, 0.29) is 40.3 Å². The van der Waals surface area contributed by atoms with Crippen LogP contribution >= 0.6 is 23.2 Å². The van der Waals surface area contributed by atoms with Gasteiger partial charge in [0.2, 0.25) is 0 Å². The van der Waals surface area contributed by atoms with E-state index >= 15 is 0 Å². The molecule has 29 heavy (non-hydrogen) atoms. The van der Waals surface area contributed by atoms with Gasteiger partial charge in [0.05, 0.1) is 15.0 Å². The van der Waals surface area contributed by atoms with Crippen LogP contribution in [0.2, 0.25) is 10.0 Å². The number of halogens is 2. The zero-order valence-corrected chi connectivity index (χ0v) is 16.7. The quantitative estimate of drug-likeness (QED) is 0.313. The number of nitrogens with one attached hydrogen (secondary N) is 1. The lowest BCUT2D eigenvalue weighted by Crippen LogP contribution is -2.30. The van der Waals surface area contributed by atoms with E-state index in [1.807, 2.05) is 0 Å². The van der Waals surface area contributed by atoms with Crippen LogP contribution < -0.4 is 10.1 Å². The standard InChI is InChI=1S/C19H15Cl2N3O5/c1-2-23-18(25)16(22-19(23)26)9-12-7-14(20)17(15(21)8-12)29-10-11-4-3-5-13(6-11)24(27)28/h3-9H,2,10H2,1H3,(H,22,26)/b16-9+. The maximum absolute atomic E-state index is 12.2. The van der Waals surface area contributed by atoms with E-state index in [0.717, 1.165) is 4.90 Å². The van der Waals surface area contributed by atoms with Gasteiger partial charge in [-0.15, -0.1) is 0 Å². The van der Waals surface area contributed by atoms with Crippen LogP contribution in [0.25, 0.3) is 6.08 Å². The van der Waals surface area contributed by atoms with E-state index in [0.29, 0.717) is 11.1 Å². The topological polar surface area (TPSA) is 102 Å². The average Bonchev–Trinajstić information content (AvgIpc) is 2.93. The molecule has 150 valence electrons. The van der Waals surface area contributed by atoms with Crippen LogP contribution in [0.15, 0.2) is 42.1 Å². The Bertz CT molecular complexity index is 1020. The number of ether oxygens (including phenoxy) is 1. The minimum absolute atomic E-state index is 0.0293. The molecule has 0 unspecified atom stereocenters. The summed E-state index contributed by atoms with van der Waals surface area (Å²) in [7, 11) is 0. The second kappa shape index (κ2) is 8.50. The van der Waals surface area contributed by atoms with Crippen LogP contribution in [0.3, 0.4) is 0 Å². The highest BCUT2D eigenvalue weighted by molar-refractivity contribution is 6.37. The summed E-state index contributed by atoms with van der Waals surface area (Å²) in [6, 6.07) is 8.61. The SMILES string of the molecule is CCN1C(=O)N/C(=C/c2cc(Cl)c(OCc3cccc([N+](=O)[O-])c3)c(Cl)c2)C1=O. The third-order valence-corrected chi connectivity index (χ3v) is 4.68. The number of imide groups is 1. The molecule has 0 aromatic heterocycles. The van der Waals surface area contributed by atoms with Crippen molar-refractivity contribution in [3.63, 3.8) is 0 Å². The number of benzene rings is 2. The number of carbonyl (C=O) groups is 2. The lowest BCUT2D eigenvalue weighted by molar-refractivity contribution is -0.384. The van der Waals surface area contributed by atoms with Crippen LogP contribution in [0.1, 0.15) is 18.1 Å². The summed E-state index contributed by atoms with van der Waals surface area (Å²) < 4.78 is 5.63. The third kappa shape index (κ3) is 4.49. The van der Waals surface area contributed by atoms with Crippen molar-refractivity contribution in [2.45, 2.75) is 13.5 Å². The smallest absolute Gasteiger partial charge is 0.328 e. The Morgan fingerprint density at radius 2 is 1.90 bits per heavy atom. The van der Waals surface area contributed by atoms with Crippen molar-refractivity contribution >= 4 is 46.9 Å². The van der Waals surface area contributed by atoms with Gasteiger partial charge in [0.25, 0.3) is 11.6 Å². The molecule has 0 aliphatic carbocycles. The molecule has 8 nitrogen and oxygen atoms in total. The van der Waals surface area contributed by atoms with Crippen molar-refractivity contribution in [2.24, 2.45) is 0 Å². The van der Waals surface area contributed by atoms with Gasteiger partial charge in [-0.3, -0.25) is 19.8 Å². The van der Waals surface area contributed by atoms with Gasteiger partial charge in [-0.1, -0.05) is 35.3 Å². The van der Waals surface area contributed by atoms with Crippen molar-refractivity contribution in [2.75, 3.05) is 6.54 Å². The van der Waals surface area contributed by atoms with Gasteiger partial charge in [0.15, 0.2) is 5.75 Å². The summed E-state index contributed by atoms with van der Waals surface area (Å²) in [5, 5.41) is 13.7. The summed E-state index contributed by atoms with van der Waals surface area (Å²) in [6.45, 7) is 1.98. The number of rotatable bonds is 6. The maximum Gasteiger partial charge on any atom is 0.328 e. The Labute approximate surface area is 175 Å². The molecule has 2 aromatic carbocycles. The third-order valence-electron chi connectivity index (χ3n) is 4.11. The maximum atomic E-state index is 12.2. The largest absolute Gasteiger partial charge is 0.486 e. The molecular weight excluding hydrogens is 421 g/mol. The summed E-state index contributed by atoms with van der Waals surface area (Å²) in [6.07, 6.45) is 1.47. The lowest BCUT2D eigenvalue weighted by Gasteiger charge is -2.11. The van der Waals surface area contributed by atoms with Crippen LogP contribution in [-0.2, 0) is 11.4 Å². The highest BCUT2D eigenvalue weighted by Crippen LogP contribution is 2.35. The molecule has 3 amide bonds. The first-order valence-electron chi connectivity index (χ1n) is 8.50. The van der Waals surface area contributed by atoms with Crippen molar-refractivity contribution in [3.8, 4) is 5.75 Å². The van der Waals surface area contributed by atoms with Crippen molar-refractivity contribution < 1.29 is 19.2 Å². The first-order valence-corrected chi connectivity index (χ1v) is 9.25. The summed E-state index contributed by atoms with van der Waals surface area (Å²) >= 11 is 12.5. The molecular formula is C19H15Cl2N3O5. The number of likely N-dealkylation sites (N-methyl/N-ethyl adjacent to an activating group) is 1. The van der Waals surface area contributed by atoms with Gasteiger partial charge in [0.1, 0.15) is 12.3 Å². The van der Waals surface area contributed by atoms with Gasteiger partial charge in [0, 0.05) is 18.7 Å². The molecule has 3 rings (SSSR count). The fraction of sp³-hybridized carbons (Fsp3) is 0.158. The van der Waals surface area contributed by atoms with E-state index in [2.05, 4.69) is 5.32 Å². The van der Waals surface area contributed by atoms with Gasteiger partial charge in [-0.05, 0) is 36.3 Å². The Morgan fingerprint density at radius 3 is 2.48 bits per heavy atom. The number of nitro groups is 1. The van der Waals surface area contributed by atoms with E-state index in [1.54, 1.807) is 19.1 Å². The highest BCUT2D eigenvalue weighted by atomic mass is 35.5. The minimum Gasteiger partial charge on any atom is -0.486 e. The average molecular weight is 436 g/mol. The van der Waals surface area contributed by atoms with Gasteiger partial charge in [-0.25, -0.2) is 4.79 Å². The Balaban J connectivity index is 1.79. The molecule has 10 heteroatoms. The van der Waals surface area contributed by atoms with Gasteiger partial charge >= 0.3 is 6.03 Å². The first-order chi connectivity index (χ1) is 13.8. The molecule has 1 aliphatic heterocycles. The Kier molecular flexibility index (Phi) is 6.05. The number of nitro benzene ring substituents is 1. The number of carbonyl (C=O) groups excluding carboxylic acids is 2. The fourth-order valence-electron chi connectivity index (χ4n) is 2.74. The number of urea groups is 1. The first kappa shape index (κ1) is 20.6. The molecule has 1 heterocycles. The number of non-ortho nitro benzene ring substituents is 1. The van der Waals surface area contributed by atoms with Crippen LogP contribution in [0.5, 0.6) is 5.75 Å². The molecule has 1 N–H and O–H groups in total. The molecule has 0 bridgehead atoms. The number of amides is 3. The van der Waals surface area contributed by atoms with Gasteiger partial charge < -0.3 is 10.1 Å². The van der Waals surface area contributed by atoms with E-state index in [9.17, 15) is 19.7 Å². The Hall–Kier alpha value is -3.10. The van der Waals surface area contributed by atoms with E-state index in [4.69, 9.17) is 27.9 Å². The number of hydrogen-bond donors (Lipinski definition) is 1. The summed E-state index contributed by atoms with van der Waals surface area (Å²) in [4.78, 5) is 35.3. The molecule has 0 radical (unpaired) electrons. The monoisotopic (exact) mass is 435 g/mol. The van der Waals surface area contributed by atoms with Crippen LogP contribution in [0.4, 0.5) is 10.5 Å². The molecule has 1 saturated heterocycles. The predicted octanol–water partition coefficient (Wildman–Crippen LogP) is 4.39. The normalized spacial score (nSPS) is 15.0. The van der Waals surface area contributed by atoms with Crippen LogP contribution in [-0.4, -0.2) is 28.3 Å². The van der Waals surface area contributed by atoms with Crippen LogP contribution in [0, 0.1) is 10.1 Å². The zero-order chi connectivity index (χ0) is 21.1. The minimum atomic E-state index is -0.492.